The normalized spacial score (nSPS) is 11.0. The number of nitrogens with zero attached hydrogens (tertiary/aromatic N) is 2. The molecular formula is C22H25N3O4. The van der Waals surface area contributed by atoms with Crippen LogP contribution in [-0.2, 0) is 11.3 Å². The fourth-order valence-corrected chi connectivity index (χ4v) is 3.09. The summed E-state index contributed by atoms with van der Waals surface area (Å²) in [5.41, 5.74) is 1.74. The van der Waals surface area contributed by atoms with E-state index < -0.39 is 0 Å². The molecule has 0 saturated heterocycles. The van der Waals surface area contributed by atoms with Crippen LogP contribution < -0.4 is 19.5 Å². The van der Waals surface area contributed by atoms with Crippen molar-refractivity contribution in [3.8, 4) is 17.2 Å². The number of ether oxygens (including phenoxy) is 3. The first kappa shape index (κ1) is 20.3. The van der Waals surface area contributed by atoms with Gasteiger partial charge in [-0.05, 0) is 48.4 Å². The Kier molecular flexibility index (Phi) is 6.73. The third-order valence-electron chi connectivity index (χ3n) is 4.51. The summed E-state index contributed by atoms with van der Waals surface area (Å²) in [4.78, 5) is 16.5. The smallest absolute Gasteiger partial charge is 0.244 e. The molecule has 1 amide bonds. The Morgan fingerprint density at radius 2 is 1.90 bits per heavy atom. The molecule has 0 fully saturated rings. The van der Waals surface area contributed by atoms with Gasteiger partial charge in [0.25, 0.3) is 0 Å². The number of carbonyl (C=O) groups excluding carboxylic acids is 1. The van der Waals surface area contributed by atoms with E-state index >= 15 is 0 Å². The fraction of sp³-hybridized carbons (Fsp3) is 0.273. The first-order valence-electron chi connectivity index (χ1n) is 9.32. The molecule has 0 spiro atoms. The average Bonchev–Trinajstić information content (AvgIpc) is 3.17. The topological polar surface area (TPSA) is 74.6 Å². The molecule has 2 aromatic heterocycles. The third kappa shape index (κ3) is 4.87. The number of amides is 1. The van der Waals surface area contributed by atoms with Crippen molar-refractivity contribution < 1.29 is 19.0 Å². The Bertz CT molecular complexity index is 985. The lowest BCUT2D eigenvalue weighted by molar-refractivity contribution is -0.116. The van der Waals surface area contributed by atoms with Gasteiger partial charge in [-0.15, -0.1) is 0 Å². The van der Waals surface area contributed by atoms with Crippen LogP contribution in [0.5, 0.6) is 17.2 Å². The zero-order chi connectivity index (χ0) is 20.6. The van der Waals surface area contributed by atoms with Gasteiger partial charge >= 0.3 is 0 Å². The van der Waals surface area contributed by atoms with E-state index in [4.69, 9.17) is 14.2 Å². The minimum Gasteiger partial charge on any atom is -0.493 e. The van der Waals surface area contributed by atoms with Gasteiger partial charge in [-0.1, -0.05) is 0 Å². The van der Waals surface area contributed by atoms with E-state index in [1.54, 1.807) is 45.7 Å². The van der Waals surface area contributed by atoms with Crippen molar-refractivity contribution in [2.24, 2.45) is 0 Å². The maximum absolute atomic E-state index is 12.1. The highest BCUT2D eigenvalue weighted by atomic mass is 16.5. The second-order valence-electron chi connectivity index (χ2n) is 6.36. The number of carbonyl (C=O) groups is 1. The minimum absolute atomic E-state index is 0.158. The molecule has 0 aliphatic rings. The van der Waals surface area contributed by atoms with Crippen molar-refractivity contribution in [1.82, 2.24) is 14.9 Å². The number of methoxy groups -OCH3 is 3. The summed E-state index contributed by atoms with van der Waals surface area (Å²) in [6, 6.07) is 9.58. The lowest BCUT2D eigenvalue weighted by Crippen LogP contribution is -2.23. The maximum Gasteiger partial charge on any atom is 0.244 e. The highest BCUT2D eigenvalue weighted by Gasteiger charge is 2.12. The molecule has 7 nitrogen and oxygen atoms in total. The molecule has 3 aromatic rings. The summed E-state index contributed by atoms with van der Waals surface area (Å²) >= 11 is 0. The molecule has 0 bridgehead atoms. The van der Waals surface area contributed by atoms with Crippen molar-refractivity contribution in [2.45, 2.75) is 13.0 Å². The van der Waals surface area contributed by atoms with Crippen LogP contribution in [-0.4, -0.2) is 43.3 Å². The number of hydrogen-bond donors (Lipinski definition) is 1. The molecule has 0 unspecified atom stereocenters. The molecule has 0 radical (unpaired) electrons. The van der Waals surface area contributed by atoms with E-state index in [0.717, 1.165) is 29.6 Å². The number of hydrogen-bond acceptors (Lipinski definition) is 5. The van der Waals surface area contributed by atoms with Crippen LogP contribution >= 0.6 is 0 Å². The zero-order valence-electron chi connectivity index (χ0n) is 16.8. The highest BCUT2D eigenvalue weighted by Crippen LogP contribution is 2.38. The molecule has 0 aliphatic carbocycles. The quantitative estimate of drug-likeness (QED) is 0.445. The Morgan fingerprint density at radius 3 is 2.59 bits per heavy atom. The Balaban J connectivity index is 1.53. The van der Waals surface area contributed by atoms with Crippen LogP contribution in [0.15, 0.2) is 48.8 Å². The van der Waals surface area contributed by atoms with Crippen molar-refractivity contribution in [3.63, 3.8) is 0 Å². The van der Waals surface area contributed by atoms with Crippen LogP contribution in [0.3, 0.4) is 0 Å². The van der Waals surface area contributed by atoms with E-state index in [-0.39, 0.29) is 5.91 Å². The van der Waals surface area contributed by atoms with Crippen molar-refractivity contribution in [1.29, 1.82) is 0 Å². The van der Waals surface area contributed by atoms with Gasteiger partial charge in [0.1, 0.15) is 5.65 Å². The summed E-state index contributed by atoms with van der Waals surface area (Å²) in [5, 5.41) is 4.01. The lowest BCUT2D eigenvalue weighted by atomic mass is 10.1. The fourth-order valence-electron chi connectivity index (χ4n) is 3.09. The molecule has 7 heteroatoms. The molecular weight excluding hydrogens is 370 g/mol. The maximum atomic E-state index is 12.1. The number of nitrogens with one attached hydrogen (secondary N) is 1. The van der Waals surface area contributed by atoms with Crippen molar-refractivity contribution in [3.05, 3.63) is 54.4 Å². The number of benzene rings is 1. The van der Waals surface area contributed by atoms with Crippen molar-refractivity contribution >= 4 is 23.0 Å². The standard InChI is InChI=1S/C22H25N3O4/c1-27-18-14-16(15-19(28-2)21(18)29-3)7-8-20(26)23-11-5-12-25-13-9-17-6-4-10-24-22(17)25/h4,6-10,13-15H,5,11-12H2,1-3H3,(H,23,26). The number of pyridine rings is 1. The number of rotatable bonds is 9. The molecule has 1 aromatic carbocycles. The number of aryl methyl sites for hydroxylation is 1. The molecule has 0 atom stereocenters. The van der Waals surface area contributed by atoms with E-state index in [2.05, 4.69) is 14.9 Å². The average molecular weight is 395 g/mol. The van der Waals surface area contributed by atoms with Gasteiger partial charge in [0.2, 0.25) is 11.7 Å². The molecule has 29 heavy (non-hydrogen) atoms. The highest BCUT2D eigenvalue weighted by molar-refractivity contribution is 5.91. The van der Waals surface area contributed by atoms with Crippen LogP contribution in [0.25, 0.3) is 17.1 Å². The van der Waals surface area contributed by atoms with E-state index in [1.165, 1.54) is 6.08 Å². The van der Waals surface area contributed by atoms with Crippen molar-refractivity contribution in [2.75, 3.05) is 27.9 Å². The van der Waals surface area contributed by atoms with E-state index in [1.807, 2.05) is 24.4 Å². The van der Waals surface area contributed by atoms with Gasteiger partial charge in [0.05, 0.1) is 21.3 Å². The third-order valence-corrected chi connectivity index (χ3v) is 4.51. The number of fused-ring (bicyclic) bond motifs is 1. The minimum atomic E-state index is -0.158. The summed E-state index contributed by atoms with van der Waals surface area (Å²) in [7, 11) is 4.66. The van der Waals surface area contributed by atoms with Gasteiger partial charge in [0, 0.05) is 36.9 Å². The predicted molar refractivity (Wildman–Crippen MR) is 112 cm³/mol. The molecule has 3 rings (SSSR count). The van der Waals surface area contributed by atoms with E-state index in [9.17, 15) is 4.79 Å². The van der Waals surface area contributed by atoms with Gasteiger partial charge in [-0.25, -0.2) is 4.98 Å². The molecule has 2 heterocycles. The number of aromatic nitrogens is 2. The summed E-state index contributed by atoms with van der Waals surface area (Å²) in [6.07, 6.45) is 7.82. The Labute approximate surface area is 169 Å². The SMILES string of the molecule is COc1cc(C=CC(=O)NCCCn2ccc3cccnc32)cc(OC)c1OC. The second-order valence-corrected chi connectivity index (χ2v) is 6.36. The molecule has 0 aliphatic heterocycles. The predicted octanol–water partition coefficient (Wildman–Crippen LogP) is 3.28. The van der Waals surface area contributed by atoms with Crippen LogP contribution in [0.2, 0.25) is 0 Å². The summed E-state index contributed by atoms with van der Waals surface area (Å²) in [5.74, 6) is 1.44. The summed E-state index contributed by atoms with van der Waals surface area (Å²) in [6.45, 7) is 1.36. The van der Waals surface area contributed by atoms with Gasteiger partial charge in [-0.2, -0.15) is 0 Å². The van der Waals surface area contributed by atoms with Crippen LogP contribution in [0.1, 0.15) is 12.0 Å². The largest absolute Gasteiger partial charge is 0.493 e. The summed E-state index contributed by atoms with van der Waals surface area (Å²) < 4.78 is 18.0. The van der Waals surface area contributed by atoms with Gasteiger partial charge in [-0.3, -0.25) is 4.79 Å². The monoisotopic (exact) mass is 395 g/mol. The van der Waals surface area contributed by atoms with Gasteiger partial charge < -0.3 is 24.1 Å². The Hall–Kier alpha value is -3.48. The van der Waals surface area contributed by atoms with Crippen LogP contribution in [0, 0.1) is 0 Å². The Morgan fingerprint density at radius 1 is 1.14 bits per heavy atom. The molecule has 152 valence electrons. The molecule has 1 N–H and O–H groups in total. The first-order chi connectivity index (χ1) is 14.2. The van der Waals surface area contributed by atoms with E-state index in [0.29, 0.717) is 23.8 Å². The van der Waals surface area contributed by atoms with Gasteiger partial charge in [0.15, 0.2) is 11.5 Å². The molecule has 0 saturated carbocycles. The second kappa shape index (κ2) is 9.64. The lowest BCUT2D eigenvalue weighted by Gasteiger charge is -2.12. The zero-order valence-corrected chi connectivity index (χ0v) is 16.8. The van der Waals surface area contributed by atoms with Crippen LogP contribution in [0.4, 0.5) is 0 Å². The first-order valence-corrected chi connectivity index (χ1v) is 9.32.